The fourth-order valence-corrected chi connectivity index (χ4v) is 2.26. The summed E-state index contributed by atoms with van der Waals surface area (Å²) < 4.78 is 5.62. The van der Waals surface area contributed by atoms with Gasteiger partial charge in [0.25, 0.3) is 0 Å². The molecule has 0 saturated heterocycles. The van der Waals surface area contributed by atoms with Crippen LogP contribution in [0.3, 0.4) is 0 Å². The first-order valence-corrected chi connectivity index (χ1v) is 6.57. The highest BCUT2D eigenvalue weighted by Gasteiger charge is 2.15. The lowest BCUT2D eigenvalue weighted by atomic mass is 10.1. The summed E-state index contributed by atoms with van der Waals surface area (Å²) in [5.41, 5.74) is 1.29. The molecule has 0 fully saturated rings. The van der Waals surface area contributed by atoms with Crippen molar-refractivity contribution in [2.75, 3.05) is 0 Å². The lowest BCUT2D eigenvalue weighted by Gasteiger charge is -2.06. The van der Waals surface area contributed by atoms with Crippen LogP contribution in [0.15, 0.2) is 51.7 Å². The van der Waals surface area contributed by atoms with Crippen LogP contribution in [0.25, 0.3) is 22.3 Å². The van der Waals surface area contributed by atoms with Crippen LogP contribution in [0.1, 0.15) is 15.9 Å². The Kier molecular flexibility index (Phi) is 3.18. The first-order valence-electron chi connectivity index (χ1n) is 6.57. The first-order chi connectivity index (χ1) is 10.5. The molecule has 110 valence electrons. The fourth-order valence-electron chi connectivity index (χ4n) is 2.26. The second kappa shape index (κ2) is 5.04. The number of carboxylic acid groups (broad SMARTS) is 1. The summed E-state index contributed by atoms with van der Waals surface area (Å²) in [5.74, 6) is -1.51. The molecule has 5 nitrogen and oxygen atoms in total. The third kappa shape index (κ3) is 2.22. The summed E-state index contributed by atoms with van der Waals surface area (Å²) in [6.07, 6.45) is 0. The third-order valence-electron chi connectivity index (χ3n) is 3.42. The minimum absolute atomic E-state index is 0.0262. The molecule has 0 saturated carbocycles. The molecule has 2 aromatic carbocycles. The van der Waals surface area contributed by atoms with Crippen molar-refractivity contribution in [3.05, 3.63) is 63.8 Å². The zero-order valence-electron chi connectivity index (χ0n) is 11.7. The SMILES string of the molecule is Cc1ccc2oc(-c3ccc(C(=O)O)cc3)c(O)c(=O)c2c1. The number of aryl methyl sites for hydroxylation is 1. The van der Waals surface area contributed by atoms with Crippen LogP contribution in [-0.2, 0) is 0 Å². The smallest absolute Gasteiger partial charge is 0.335 e. The van der Waals surface area contributed by atoms with E-state index in [9.17, 15) is 14.7 Å². The molecular formula is C17H12O5. The number of benzene rings is 2. The topological polar surface area (TPSA) is 87.7 Å². The third-order valence-corrected chi connectivity index (χ3v) is 3.42. The molecule has 0 aliphatic rings. The van der Waals surface area contributed by atoms with Crippen molar-refractivity contribution in [2.45, 2.75) is 6.92 Å². The molecule has 2 N–H and O–H groups in total. The molecular weight excluding hydrogens is 284 g/mol. The van der Waals surface area contributed by atoms with Gasteiger partial charge in [-0.25, -0.2) is 4.79 Å². The summed E-state index contributed by atoms with van der Waals surface area (Å²) >= 11 is 0. The average Bonchev–Trinajstić information content (AvgIpc) is 2.51. The molecule has 0 aliphatic carbocycles. The maximum atomic E-state index is 12.2. The average molecular weight is 296 g/mol. The van der Waals surface area contributed by atoms with Crippen LogP contribution in [0.4, 0.5) is 0 Å². The van der Waals surface area contributed by atoms with E-state index in [-0.39, 0.29) is 11.3 Å². The van der Waals surface area contributed by atoms with Crippen molar-refractivity contribution in [1.29, 1.82) is 0 Å². The van der Waals surface area contributed by atoms with E-state index >= 15 is 0 Å². The van der Waals surface area contributed by atoms with E-state index in [1.165, 1.54) is 24.3 Å². The Labute approximate surface area is 125 Å². The number of hydrogen-bond acceptors (Lipinski definition) is 4. The highest BCUT2D eigenvalue weighted by molar-refractivity contribution is 5.88. The number of hydrogen-bond donors (Lipinski definition) is 2. The van der Waals surface area contributed by atoms with Crippen LogP contribution >= 0.6 is 0 Å². The predicted octanol–water partition coefficient (Wildman–Crippen LogP) is 3.17. The lowest BCUT2D eigenvalue weighted by molar-refractivity contribution is 0.0697. The van der Waals surface area contributed by atoms with Crippen LogP contribution in [0.5, 0.6) is 5.75 Å². The van der Waals surface area contributed by atoms with Crippen molar-refractivity contribution in [2.24, 2.45) is 0 Å². The highest BCUT2D eigenvalue weighted by atomic mass is 16.4. The van der Waals surface area contributed by atoms with E-state index in [0.29, 0.717) is 16.5 Å². The van der Waals surface area contributed by atoms with Gasteiger partial charge in [0.15, 0.2) is 5.76 Å². The number of aromatic hydroxyl groups is 1. The molecule has 0 atom stereocenters. The molecule has 0 amide bonds. The van der Waals surface area contributed by atoms with E-state index in [1.54, 1.807) is 18.2 Å². The molecule has 3 aromatic rings. The summed E-state index contributed by atoms with van der Waals surface area (Å²) in [5, 5.41) is 19.3. The minimum atomic E-state index is -1.05. The van der Waals surface area contributed by atoms with Gasteiger partial charge in [-0.15, -0.1) is 0 Å². The highest BCUT2D eigenvalue weighted by Crippen LogP contribution is 2.30. The quantitative estimate of drug-likeness (QED) is 0.758. The van der Waals surface area contributed by atoms with Gasteiger partial charge in [0.05, 0.1) is 10.9 Å². The summed E-state index contributed by atoms with van der Waals surface area (Å²) in [6, 6.07) is 10.9. The summed E-state index contributed by atoms with van der Waals surface area (Å²) in [6.45, 7) is 1.84. The van der Waals surface area contributed by atoms with Crippen LogP contribution < -0.4 is 5.43 Å². The van der Waals surface area contributed by atoms with Gasteiger partial charge in [0, 0.05) is 5.56 Å². The van der Waals surface area contributed by atoms with Crippen molar-refractivity contribution in [1.82, 2.24) is 0 Å². The van der Waals surface area contributed by atoms with Crippen molar-refractivity contribution >= 4 is 16.9 Å². The molecule has 0 unspecified atom stereocenters. The van der Waals surface area contributed by atoms with Crippen LogP contribution in [-0.4, -0.2) is 16.2 Å². The number of carboxylic acids is 1. The Morgan fingerprint density at radius 2 is 1.77 bits per heavy atom. The van der Waals surface area contributed by atoms with Crippen molar-refractivity contribution in [3.63, 3.8) is 0 Å². The molecule has 1 heterocycles. The van der Waals surface area contributed by atoms with Gasteiger partial charge in [0.2, 0.25) is 11.2 Å². The normalized spacial score (nSPS) is 10.8. The molecule has 3 rings (SSSR count). The molecule has 5 heteroatoms. The molecule has 0 bridgehead atoms. The van der Waals surface area contributed by atoms with E-state index in [4.69, 9.17) is 9.52 Å². The summed E-state index contributed by atoms with van der Waals surface area (Å²) in [7, 11) is 0. The maximum Gasteiger partial charge on any atom is 0.335 e. The largest absolute Gasteiger partial charge is 0.502 e. The fraction of sp³-hybridized carbons (Fsp3) is 0.0588. The maximum absolute atomic E-state index is 12.2. The van der Waals surface area contributed by atoms with E-state index in [2.05, 4.69) is 0 Å². The van der Waals surface area contributed by atoms with Gasteiger partial charge in [0.1, 0.15) is 5.58 Å². The first kappa shape index (κ1) is 13.9. The minimum Gasteiger partial charge on any atom is -0.502 e. The lowest BCUT2D eigenvalue weighted by Crippen LogP contribution is -2.03. The molecule has 0 aliphatic heterocycles. The molecule has 1 aromatic heterocycles. The predicted molar refractivity (Wildman–Crippen MR) is 81.3 cm³/mol. The second-order valence-corrected chi connectivity index (χ2v) is 4.99. The van der Waals surface area contributed by atoms with Crippen molar-refractivity contribution < 1.29 is 19.4 Å². The van der Waals surface area contributed by atoms with Crippen LogP contribution in [0, 0.1) is 6.92 Å². The zero-order valence-corrected chi connectivity index (χ0v) is 11.7. The van der Waals surface area contributed by atoms with Crippen molar-refractivity contribution in [3.8, 4) is 17.1 Å². The van der Waals surface area contributed by atoms with Crippen LogP contribution in [0.2, 0.25) is 0 Å². The van der Waals surface area contributed by atoms with E-state index in [0.717, 1.165) is 5.56 Å². The standard InChI is InChI=1S/C17H12O5/c1-9-2-7-13-12(8-9)14(18)15(19)16(22-13)10-3-5-11(6-4-10)17(20)21/h2-8,19H,1H3,(H,20,21). The molecule has 22 heavy (non-hydrogen) atoms. The van der Waals surface area contributed by atoms with Gasteiger partial charge in [-0.05, 0) is 31.2 Å². The Balaban J connectivity index is 2.23. The van der Waals surface area contributed by atoms with Gasteiger partial charge in [-0.3, -0.25) is 4.79 Å². The van der Waals surface area contributed by atoms with Gasteiger partial charge in [-0.2, -0.15) is 0 Å². The Hall–Kier alpha value is -3.08. The number of rotatable bonds is 2. The number of aromatic carboxylic acids is 1. The zero-order chi connectivity index (χ0) is 15.9. The Morgan fingerprint density at radius 1 is 1.09 bits per heavy atom. The second-order valence-electron chi connectivity index (χ2n) is 4.99. The molecule has 0 spiro atoms. The number of fused-ring (bicyclic) bond motifs is 1. The molecule has 0 radical (unpaired) electrons. The number of carbonyl (C=O) groups is 1. The van der Waals surface area contributed by atoms with Gasteiger partial charge in [-0.1, -0.05) is 23.8 Å². The Bertz CT molecular complexity index is 936. The van der Waals surface area contributed by atoms with Gasteiger partial charge >= 0.3 is 5.97 Å². The monoisotopic (exact) mass is 296 g/mol. The summed E-state index contributed by atoms with van der Waals surface area (Å²) in [4.78, 5) is 23.1. The van der Waals surface area contributed by atoms with E-state index in [1.807, 2.05) is 6.92 Å². The van der Waals surface area contributed by atoms with E-state index < -0.39 is 17.1 Å². The van der Waals surface area contributed by atoms with Gasteiger partial charge < -0.3 is 14.6 Å². The Morgan fingerprint density at radius 3 is 2.41 bits per heavy atom.